The molecule has 1 aromatic rings. The maximum absolute atomic E-state index is 13.9. The van der Waals surface area contributed by atoms with E-state index in [2.05, 4.69) is 5.32 Å². The van der Waals surface area contributed by atoms with E-state index < -0.39 is 17.6 Å². The van der Waals surface area contributed by atoms with Crippen LogP contribution in [0.25, 0.3) is 0 Å². The van der Waals surface area contributed by atoms with E-state index in [1.54, 1.807) is 0 Å². The van der Waals surface area contributed by atoms with E-state index in [1.807, 2.05) is 6.92 Å². The van der Waals surface area contributed by atoms with Gasteiger partial charge < -0.3 is 5.32 Å². The molecule has 0 saturated carbocycles. The Hall–Kier alpha value is -1.10. The van der Waals surface area contributed by atoms with E-state index in [9.17, 15) is 17.6 Å². The van der Waals surface area contributed by atoms with Gasteiger partial charge in [-0.2, -0.15) is 13.2 Å². The summed E-state index contributed by atoms with van der Waals surface area (Å²) in [6, 6.07) is 2.85. The number of rotatable bonds is 2. The highest BCUT2D eigenvalue weighted by atomic mass is 19.4. The third kappa shape index (κ3) is 3.26. The van der Waals surface area contributed by atoms with Crippen LogP contribution in [-0.4, -0.2) is 13.1 Å². The largest absolute Gasteiger partial charge is 0.416 e. The maximum Gasteiger partial charge on any atom is 0.416 e. The van der Waals surface area contributed by atoms with E-state index >= 15 is 0 Å². The van der Waals surface area contributed by atoms with Gasteiger partial charge in [-0.3, -0.25) is 0 Å². The minimum Gasteiger partial charge on any atom is -0.317 e. The quantitative estimate of drug-likeness (QED) is 0.806. The number of benzene rings is 1. The molecular weight excluding hydrogens is 258 g/mol. The van der Waals surface area contributed by atoms with E-state index in [1.165, 1.54) is 6.07 Å². The topological polar surface area (TPSA) is 12.0 Å². The van der Waals surface area contributed by atoms with Crippen molar-refractivity contribution in [3.05, 3.63) is 35.1 Å². The molecule has 0 aliphatic carbocycles. The first-order valence-corrected chi connectivity index (χ1v) is 6.47. The highest BCUT2D eigenvalue weighted by Gasteiger charge is 2.32. The Kier molecular flexibility index (Phi) is 4.13. The number of piperidine rings is 1. The maximum atomic E-state index is 13.9. The summed E-state index contributed by atoms with van der Waals surface area (Å²) in [5.74, 6) is -0.474. The first kappa shape index (κ1) is 14.3. The van der Waals surface area contributed by atoms with Crippen molar-refractivity contribution < 1.29 is 17.6 Å². The summed E-state index contributed by atoms with van der Waals surface area (Å²) >= 11 is 0. The molecule has 0 bridgehead atoms. The van der Waals surface area contributed by atoms with Gasteiger partial charge in [-0.15, -0.1) is 0 Å². The molecule has 1 fully saturated rings. The van der Waals surface area contributed by atoms with Crippen LogP contribution in [0.3, 0.4) is 0 Å². The SMILES string of the molecule is CC(c1ccc(C(F)(F)F)cc1F)C1CCNCC1. The minimum atomic E-state index is -4.49. The van der Waals surface area contributed by atoms with Crippen LogP contribution in [0.2, 0.25) is 0 Å². The van der Waals surface area contributed by atoms with Gasteiger partial charge >= 0.3 is 6.18 Å². The Morgan fingerprint density at radius 2 is 1.84 bits per heavy atom. The molecule has 5 heteroatoms. The van der Waals surface area contributed by atoms with Crippen molar-refractivity contribution in [3.63, 3.8) is 0 Å². The van der Waals surface area contributed by atoms with Gasteiger partial charge in [0.15, 0.2) is 0 Å². The van der Waals surface area contributed by atoms with Crippen LogP contribution in [0, 0.1) is 11.7 Å². The lowest BCUT2D eigenvalue weighted by Crippen LogP contribution is -2.30. The lowest BCUT2D eigenvalue weighted by molar-refractivity contribution is -0.137. The lowest BCUT2D eigenvalue weighted by atomic mass is 9.81. The number of alkyl halides is 3. The van der Waals surface area contributed by atoms with Gasteiger partial charge in [0.2, 0.25) is 0 Å². The number of hydrogen-bond acceptors (Lipinski definition) is 1. The molecule has 106 valence electrons. The van der Waals surface area contributed by atoms with Gasteiger partial charge in [0.25, 0.3) is 0 Å². The summed E-state index contributed by atoms with van der Waals surface area (Å²) < 4.78 is 51.3. The smallest absolute Gasteiger partial charge is 0.317 e. The monoisotopic (exact) mass is 275 g/mol. The number of halogens is 4. The van der Waals surface area contributed by atoms with Gasteiger partial charge in [-0.05, 0) is 55.5 Å². The molecule has 1 atom stereocenters. The molecule has 1 aromatic carbocycles. The fraction of sp³-hybridized carbons (Fsp3) is 0.571. The molecule has 0 radical (unpaired) electrons. The van der Waals surface area contributed by atoms with Gasteiger partial charge in [0.1, 0.15) is 5.82 Å². The highest BCUT2D eigenvalue weighted by Crippen LogP contribution is 2.35. The van der Waals surface area contributed by atoms with Crippen molar-refractivity contribution in [2.75, 3.05) is 13.1 Å². The third-order valence-electron chi connectivity index (χ3n) is 3.91. The molecule has 1 N–H and O–H groups in total. The van der Waals surface area contributed by atoms with E-state index in [0.29, 0.717) is 17.5 Å². The summed E-state index contributed by atoms with van der Waals surface area (Å²) in [5, 5.41) is 3.22. The van der Waals surface area contributed by atoms with Gasteiger partial charge in [-0.1, -0.05) is 13.0 Å². The lowest BCUT2D eigenvalue weighted by Gasteiger charge is -2.29. The van der Waals surface area contributed by atoms with Crippen LogP contribution in [0.15, 0.2) is 18.2 Å². The van der Waals surface area contributed by atoms with Gasteiger partial charge in [0, 0.05) is 0 Å². The van der Waals surface area contributed by atoms with E-state index in [0.717, 1.165) is 32.0 Å². The second-order valence-corrected chi connectivity index (χ2v) is 5.11. The molecule has 1 heterocycles. The Morgan fingerprint density at radius 1 is 1.21 bits per heavy atom. The first-order chi connectivity index (χ1) is 8.89. The predicted octanol–water partition coefficient (Wildman–Crippen LogP) is 3.95. The van der Waals surface area contributed by atoms with Crippen molar-refractivity contribution in [1.82, 2.24) is 5.32 Å². The van der Waals surface area contributed by atoms with Crippen molar-refractivity contribution in [2.24, 2.45) is 5.92 Å². The van der Waals surface area contributed by atoms with Gasteiger partial charge in [0.05, 0.1) is 5.56 Å². The molecule has 2 rings (SSSR count). The molecule has 0 aromatic heterocycles. The molecule has 1 unspecified atom stereocenters. The average molecular weight is 275 g/mol. The molecule has 1 aliphatic rings. The fourth-order valence-corrected chi connectivity index (χ4v) is 2.67. The van der Waals surface area contributed by atoms with E-state index in [-0.39, 0.29) is 5.92 Å². The number of hydrogen-bond donors (Lipinski definition) is 1. The zero-order valence-electron chi connectivity index (χ0n) is 10.7. The average Bonchev–Trinajstić information content (AvgIpc) is 2.38. The molecule has 0 spiro atoms. The first-order valence-electron chi connectivity index (χ1n) is 6.47. The second kappa shape index (κ2) is 5.49. The van der Waals surface area contributed by atoms with Crippen LogP contribution in [0.5, 0.6) is 0 Å². The van der Waals surface area contributed by atoms with Crippen LogP contribution in [0.1, 0.15) is 36.8 Å². The zero-order chi connectivity index (χ0) is 14.0. The standard InChI is InChI=1S/C14H17F4N/c1-9(10-4-6-19-7-5-10)12-3-2-11(8-13(12)15)14(16,17)18/h2-3,8-10,19H,4-7H2,1H3. The highest BCUT2D eigenvalue weighted by molar-refractivity contribution is 5.29. The second-order valence-electron chi connectivity index (χ2n) is 5.11. The van der Waals surface area contributed by atoms with Crippen molar-refractivity contribution in [2.45, 2.75) is 31.9 Å². The Balaban J connectivity index is 2.20. The Morgan fingerprint density at radius 3 is 2.37 bits per heavy atom. The summed E-state index contributed by atoms with van der Waals surface area (Å²) in [6.07, 6.45) is -2.62. The van der Waals surface area contributed by atoms with Gasteiger partial charge in [-0.25, -0.2) is 4.39 Å². The van der Waals surface area contributed by atoms with E-state index in [4.69, 9.17) is 0 Å². The van der Waals surface area contributed by atoms with Crippen LogP contribution < -0.4 is 5.32 Å². The number of nitrogens with one attached hydrogen (secondary N) is 1. The third-order valence-corrected chi connectivity index (χ3v) is 3.91. The zero-order valence-corrected chi connectivity index (χ0v) is 10.7. The molecule has 1 nitrogen and oxygen atoms in total. The van der Waals surface area contributed by atoms with Crippen LogP contribution >= 0.6 is 0 Å². The summed E-state index contributed by atoms with van der Waals surface area (Å²) in [4.78, 5) is 0. The normalized spacial score (nSPS) is 19.4. The Labute approximate surface area is 110 Å². The molecule has 0 amide bonds. The molecule has 19 heavy (non-hydrogen) atoms. The minimum absolute atomic E-state index is 0.0515. The Bertz CT molecular complexity index is 436. The van der Waals surface area contributed by atoms with Crippen LogP contribution in [0.4, 0.5) is 17.6 Å². The fourth-order valence-electron chi connectivity index (χ4n) is 2.67. The summed E-state index contributed by atoms with van der Waals surface area (Å²) in [7, 11) is 0. The molecule has 1 saturated heterocycles. The van der Waals surface area contributed by atoms with Crippen LogP contribution in [-0.2, 0) is 6.18 Å². The predicted molar refractivity (Wildman–Crippen MR) is 65.4 cm³/mol. The summed E-state index contributed by atoms with van der Waals surface area (Å²) in [5.41, 5.74) is -0.536. The molecular formula is C14H17F4N. The van der Waals surface area contributed by atoms with Crippen molar-refractivity contribution >= 4 is 0 Å². The summed E-state index contributed by atoms with van der Waals surface area (Å²) in [6.45, 7) is 3.66. The molecule has 1 aliphatic heterocycles. The van der Waals surface area contributed by atoms with Crippen molar-refractivity contribution in [1.29, 1.82) is 0 Å². The van der Waals surface area contributed by atoms with Crippen molar-refractivity contribution in [3.8, 4) is 0 Å².